The average Bonchev–Trinajstić information content (AvgIpc) is 1.65. The van der Waals surface area contributed by atoms with Crippen LogP contribution < -0.4 is 0 Å². The summed E-state index contributed by atoms with van der Waals surface area (Å²) in [5.41, 5.74) is 0. The largest absolute Gasteiger partial charge is 0.198 e. The molecule has 0 bridgehead atoms. The Balaban J connectivity index is 2.14. The Bertz CT molecular complexity index is 106. The quantitative estimate of drug-likeness (QED) is 0.505. The number of rotatable bonds is 1. The van der Waals surface area contributed by atoms with Crippen LogP contribution in [0.15, 0.2) is 0 Å². The molecule has 0 radical (unpaired) electrons. The number of hydrogen-bond donors (Lipinski definition) is 0. The van der Waals surface area contributed by atoms with Gasteiger partial charge in [0.25, 0.3) is 0 Å². The number of nitrogens with zero attached hydrogens (tertiary/aromatic N) is 1. The predicted octanol–water partition coefficient (Wildman–Crippen LogP) is 1.95. The fraction of sp³-hybridized carbons (Fsp3) is 0.857. The van der Waals surface area contributed by atoms with Crippen molar-refractivity contribution in [3.8, 4) is 6.07 Å². The van der Waals surface area contributed by atoms with Gasteiger partial charge < -0.3 is 0 Å². The lowest BCUT2D eigenvalue weighted by molar-refractivity contribution is 0.239. The lowest BCUT2D eigenvalue weighted by atomic mass is 9.74. The zero-order valence-corrected chi connectivity index (χ0v) is 5.22. The van der Waals surface area contributed by atoms with Crippen molar-refractivity contribution in [2.45, 2.75) is 26.2 Å². The summed E-state index contributed by atoms with van der Waals surface area (Å²) in [4.78, 5) is 0. The second-order valence-corrected chi connectivity index (χ2v) is 2.57. The van der Waals surface area contributed by atoms with Gasteiger partial charge in [0.05, 0.1) is 6.07 Å². The Kier molecular flexibility index (Phi) is 1.53. The Morgan fingerprint density at radius 2 is 2.25 bits per heavy atom. The first-order valence-corrected chi connectivity index (χ1v) is 3.26. The highest BCUT2D eigenvalue weighted by atomic mass is 14.4. The highest BCUT2D eigenvalue weighted by Crippen LogP contribution is 2.34. The minimum atomic E-state index is 0.403. The Hall–Kier alpha value is -0.510. The molecule has 0 saturated heterocycles. The second-order valence-electron chi connectivity index (χ2n) is 2.57. The predicted molar refractivity (Wildman–Crippen MR) is 32.1 cm³/mol. The van der Waals surface area contributed by atoms with Crippen molar-refractivity contribution in [2.24, 2.45) is 11.8 Å². The van der Waals surface area contributed by atoms with Gasteiger partial charge in [0.2, 0.25) is 0 Å². The van der Waals surface area contributed by atoms with E-state index >= 15 is 0 Å². The van der Waals surface area contributed by atoms with E-state index in [1.165, 1.54) is 6.42 Å². The van der Waals surface area contributed by atoms with Crippen LogP contribution in [0.2, 0.25) is 0 Å². The topological polar surface area (TPSA) is 23.8 Å². The van der Waals surface area contributed by atoms with Crippen molar-refractivity contribution in [1.29, 1.82) is 5.26 Å². The summed E-state index contributed by atoms with van der Waals surface area (Å²) in [5.74, 6) is 1.28. The van der Waals surface area contributed by atoms with Crippen molar-refractivity contribution >= 4 is 0 Å². The van der Waals surface area contributed by atoms with Crippen LogP contribution >= 0.6 is 0 Å². The SMILES string of the molecule is CC[C@H]1C[C@H](C#N)C1. The van der Waals surface area contributed by atoms with E-state index in [1.807, 2.05) is 0 Å². The van der Waals surface area contributed by atoms with E-state index in [0.717, 1.165) is 18.8 Å². The molecule has 0 spiro atoms. The molecule has 0 N–H and O–H groups in total. The zero-order valence-electron chi connectivity index (χ0n) is 5.22. The Morgan fingerprint density at radius 1 is 1.62 bits per heavy atom. The molecule has 0 aromatic heterocycles. The van der Waals surface area contributed by atoms with Crippen molar-refractivity contribution in [2.75, 3.05) is 0 Å². The van der Waals surface area contributed by atoms with Gasteiger partial charge in [0.1, 0.15) is 0 Å². The zero-order chi connectivity index (χ0) is 5.98. The summed E-state index contributed by atoms with van der Waals surface area (Å²) in [6.07, 6.45) is 3.58. The van der Waals surface area contributed by atoms with Crippen LogP contribution in [-0.4, -0.2) is 0 Å². The molecule has 1 rings (SSSR count). The number of hydrogen-bond acceptors (Lipinski definition) is 1. The number of nitriles is 1. The van der Waals surface area contributed by atoms with Crippen LogP contribution in [0.1, 0.15) is 26.2 Å². The summed E-state index contributed by atoms with van der Waals surface area (Å²) >= 11 is 0. The average molecular weight is 109 g/mol. The van der Waals surface area contributed by atoms with Crippen LogP contribution in [-0.2, 0) is 0 Å². The molecule has 1 saturated carbocycles. The molecule has 1 aliphatic carbocycles. The molecule has 0 unspecified atom stereocenters. The molecular weight excluding hydrogens is 98.1 g/mol. The minimum Gasteiger partial charge on any atom is -0.198 e. The molecule has 1 aliphatic rings. The van der Waals surface area contributed by atoms with Gasteiger partial charge in [-0.15, -0.1) is 0 Å². The van der Waals surface area contributed by atoms with Crippen molar-refractivity contribution < 1.29 is 0 Å². The van der Waals surface area contributed by atoms with Crippen LogP contribution in [0.25, 0.3) is 0 Å². The highest BCUT2D eigenvalue weighted by Gasteiger charge is 2.26. The van der Waals surface area contributed by atoms with E-state index in [4.69, 9.17) is 5.26 Å². The van der Waals surface area contributed by atoms with Crippen molar-refractivity contribution in [3.05, 3.63) is 0 Å². The van der Waals surface area contributed by atoms with Crippen molar-refractivity contribution in [3.63, 3.8) is 0 Å². The molecule has 0 aliphatic heterocycles. The molecule has 0 aromatic rings. The maximum Gasteiger partial charge on any atom is 0.0655 e. The van der Waals surface area contributed by atoms with Gasteiger partial charge in [0.15, 0.2) is 0 Å². The summed E-state index contributed by atoms with van der Waals surface area (Å²) < 4.78 is 0. The van der Waals surface area contributed by atoms with Gasteiger partial charge in [-0.05, 0) is 18.8 Å². The van der Waals surface area contributed by atoms with Gasteiger partial charge in [0, 0.05) is 5.92 Å². The molecule has 8 heavy (non-hydrogen) atoms. The lowest BCUT2D eigenvalue weighted by Gasteiger charge is -2.28. The molecule has 44 valence electrons. The summed E-state index contributed by atoms with van der Waals surface area (Å²) in [6.45, 7) is 2.19. The summed E-state index contributed by atoms with van der Waals surface area (Å²) in [6, 6.07) is 2.27. The van der Waals surface area contributed by atoms with E-state index in [-0.39, 0.29) is 0 Å². The maximum absolute atomic E-state index is 8.35. The van der Waals surface area contributed by atoms with E-state index in [2.05, 4.69) is 13.0 Å². The lowest BCUT2D eigenvalue weighted by Crippen LogP contribution is -2.20. The first kappa shape index (κ1) is 5.62. The first-order chi connectivity index (χ1) is 3.86. The van der Waals surface area contributed by atoms with Gasteiger partial charge in [-0.25, -0.2) is 0 Å². The fourth-order valence-electron chi connectivity index (χ4n) is 1.17. The van der Waals surface area contributed by atoms with Gasteiger partial charge in [-0.2, -0.15) is 5.26 Å². The molecule has 0 atom stereocenters. The summed E-state index contributed by atoms with van der Waals surface area (Å²) in [7, 11) is 0. The smallest absolute Gasteiger partial charge is 0.0655 e. The monoisotopic (exact) mass is 109 g/mol. The molecule has 1 fully saturated rings. The van der Waals surface area contributed by atoms with Gasteiger partial charge in [-0.3, -0.25) is 0 Å². The molecule has 0 heterocycles. The molecule has 1 heteroatoms. The maximum atomic E-state index is 8.35. The van der Waals surface area contributed by atoms with Crippen LogP contribution in [0, 0.1) is 23.2 Å². The normalized spacial score (nSPS) is 35.5. The van der Waals surface area contributed by atoms with Crippen LogP contribution in [0.3, 0.4) is 0 Å². The molecule has 1 nitrogen and oxygen atoms in total. The van der Waals surface area contributed by atoms with Crippen molar-refractivity contribution in [1.82, 2.24) is 0 Å². The Morgan fingerprint density at radius 3 is 2.62 bits per heavy atom. The molecule has 0 amide bonds. The molecule has 0 aromatic carbocycles. The minimum absolute atomic E-state index is 0.403. The van der Waals surface area contributed by atoms with Crippen LogP contribution in [0.5, 0.6) is 0 Å². The standard InChI is InChI=1S/C7H11N/c1-2-6-3-7(4-6)5-8/h6-7H,2-4H2,1H3/t6-,7-. The first-order valence-electron chi connectivity index (χ1n) is 3.26. The Labute approximate surface area is 50.3 Å². The van der Waals surface area contributed by atoms with E-state index in [0.29, 0.717) is 5.92 Å². The van der Waals surface area contributed by atoms with Gasteiger partial charge in [-0.1, -0.05) is 13.3 Å². The van der Waals surface area contributed by atoms with E-state index in [1.54, 1.807) is 0 Å². The van der Waals surface area contributed by atoms with E-state index in [9.17, 15) is 0 Å². The van der Waals surface area contributed by atoms with Gasteiger partial charge >= 0.3 is 0 Å². The van der Waals surface area contributed by atoms with E-state index < -0.39 is 0 Å². The highest BCUT2D eigenvalue weighted by molar-refractivity contribution is 4.93. The van der Waals surface area contributed by atoms with Crippen LogP contribution in [0.4, 0.5) is 0 Å². The second kappa shape index (κ2) is 2.17. The third kappa shape index (κ3) is 0.838. The summed E-state index contributed by atoms with van der Waals surface area (Å²) in [5, 5.41) is 8.35. The fourth-order valence-corrected chi connectivity index (χ4v) is 1.17. The third-order valence-electron chi connectivity index (χ3n) is 2.00. The molecular formula is C7H11N. The third-order valence-corrected chi connectivity index (χ3v) is 2.00.